The largest absolute Gasteiger partial charge is 0.293 e. The third kappa shape index (κ3) is 4.24. The van der Waals surface area contributed by atoms with Gasteiger partial charge in [-0.2, -0.15) is 0 Å². The minimum absolute atomic E-state index is 0.0798. The molecule has 0 saturated carbocycles. The predicted molar refractivity (Wildman–Crippen MR) is 131 cm³/mol. The number of ketones is 1. The van der Waals surface area contributed by atoms with Gasteiger partial charge in [0.25, 0.3) is 10.0 Å². The number of hydrogen-bond acceptors (Lipinski definition) is 5. The summed E-state index contributed by atoms with van der Waals surface area (Å²) in [5.74, 6) is 0.405. The van der Waals surface area contributed by atoms with E-state index < -0.39 is 10.0 Å². The first kappa shape index (κ1) is 21.0. The minimum Gasteiger partial charge on any atom is -0.293 e. The molecule has 0 aliphatic heterocycles. The maximum absolute atomic E-state index is 12.8. The molecule has 4 nitrogen and oxygen atoms in total. The van der Waals surface area contributed by atoms with E-state index in [2.05, 4.69) is 16.9 Å². The topological polar surface area (TPSA) is 63.2 Å². The maximum Gasteiger partial charge on any atom is 0.271 e. The number of carbonyl (C=O) groups is 1. The van der Waals surface area contributed by atoms with Crippen LogP contribution in [0, 0.1) is 0 Å². The van der Waals surface area contributed by atoms with E-state index >= 15 is 0 Å². The lowest BCUT2D eigenvalue weighted by atomic mass is 10.0. The van der Waals surface area contributed by atoms with Crippen molar-refractivity contribution < 1.29 is 13.2 Å². The summed E-state index contributed by atoms with van der Waals surface area (Å²) >= 11 is 2.62. The Morgan fingerprint density at radius 1 is 0.906 bits per heavy atom. The van der Waals surface area contributed by atoms with Crippen molar-refractivity contribution in [1.82, 2.24) is 0 Å². The van der Waals surface area contributed by atoms with Crippen LogP contribution in [0.5, 0.6) is 0 Å². The van der Waals surface area contributed by atoms with Crippen molar-refractivity contribution >= 4 is 44.6 Å². The average molecular weight is 478 g/mol. The summed E-state index contributed by atoms with van der Waals surface area (Å²) in [5.41, 5.74) is 6.19. The Balaban J connectivity index is 1.22. The minimum atomic E-state index is -3.56. The zero-order chi connectivity index (χ0) is 22.1. The second kappa shape index (κ2) is 8.58. The van der Waals surface area contributed by atoms with Crippen molar-refractivity contribution in [2.75, 3.05) is 10.5 Å². The number of benzene rings is 3. The van der Waals surface area contributed by atoms with E-state index in [1.807, 2.05) is 42.5 Å². The Hall–Kier alpha value is -2.87. The molecule has 3 aromatic carbocycles. The first-order valence-electron chi connectivity index (χ1n) is 10.0. The van der Waals surface area contributed by atoms with Crippen molar-refractivity contribution in [3.05, 3.63) is 101 Å². The van der Waals surface area contributed by atoms with Gasteiger partial charge in [0.15, 0.2) is 5.78 Å². The Kier molecular flexibility index (Phi) is 5.63. The number of hydrogen-bond donors (Lipinski definition) is 1. The van der Waals surface area contributed by atoms with Crippen LogP contribution in [0.2, 0.25) is 0 Å². The van der Waals surface area contributed by atoms with Gasteiger partial charge in [-0.1, -0.05) is 42.5 Å². The number of rotatable bonds is 7. The molecule has 4 aromatic rings. The molecule has 1 heterocycles. The summed E-state index contributed by atoms with van der Waals surface area (Å²) < 4.78 is 27.5. The van der Waals surface area contributed by atoms with Gasteiger partial charge < -0.3 is 0 Å². The monoisotopic (exact) mass is 477 g/mol. The number of fused-ring (bicyclic) bond motifs is 3. The highest BCUT2D eigenvalue weighted by Gasteiger charge is 2.19. The highest BCUT2D eigenvalue weighted by Crippen LogP contribution is 2.37. The standard InChI is InChI=1S/C25H19NO3S3/c27-24(18-7-12-23-19(15-18)14-17-4-1-2-5-22(17)23)16-31-21-10-8-20(9-11-21)26-32(28,29)25-6-3-13-30-25/h1-13,15,26H,14,16H2. The zero-order valence-corrected chi connectivity index (χ0v) is 19.4. The number of carbonyl (C=O) groups excluding carboxylic acids is 1. The number of anilines is 1. The van der Waals surface area contributed by atoms with Crippen LogP contribution < -0.4 is 4.72 Å². The molecule has 0 fully saturated rings. The lowest BCUT2D eigenvalue weighted by Crippen LogP contribution is -2.11. The molecule has 0 unspecified atom stereocenters. The SMILES string of the molecule is O=C(CSc1ccc(NS(=O)(=O)c2cccs2)cc1)c1ccc2c(c1)Cc1ccccc1-2. The molecule has 0 spiro atoms. The number of sulfonamides is 1. The van der Waals surface area contributed by atoms with E-state index in [1.54, 1.807) is 29.6 Å². The van der Waals surface area contributed by atoms with E-state index in [-0.39, 0.29) is 9.99 Å². The fourth-order valence-electron chi connectivity index (χ4n) is 3.79. The Bertz CT molecular complexity index is 1390. The Morgan fingerprint density at radius 3 is 2.47 bits per heavy atom. The predicted octanol–water partition coefficient (Wildman–Crippen LogP) is 6.10. The number of thioether (sulfide) groups is 1. The first-order valence-corrected chi connectivity index (χ1v) is 13.4. The van der Waals surface area contributed by atoms with Gasteiger partial charge in [0.1, 0.15) is 4.21 Å². The normalized spacial score (nSPS) is 12.2. The molecule has 0 atom stereocenters. The molecular formula is C25H19NO3S3. The number of Topliss-reactive ketones (excluding diaryl/α,β-unsaturated/α-hetero) is 1. The summed E-state index contributed by atoms with van der Waals surface area (Å²) in [6.45, 7) is 0. The van der Waals surface area contributed by atoms with Crippen LogP contribution in [0.15, 0.2) is 93.3 Å². The van der Waals surface area contributed by atoms with E-state index in [1.165, 1.54) is 45.4 Å². The molecule has 0 saturated heterocycles. The summed E-state index contributed by atoms with van der Waals surface area (Å²) in [4.78, 5) is 13.7. The zero-order valence-electron chi connectivity index (χ0n) is 16.9. The van der Waals surface area contributed by atoms with E-state index in [0.717, 1.165) is 16.9 Å². The van der Waals surface area contributed by atoms with Gasteiger partial charge in [0.2, 0.25) is 0 Å². The fourth-order valence-corrected chi connectivity index (χ4v) is 6.64. The van der Waals surface area contributed by atoms with Gasteiger partial charge in [-0.05, 0) is 70.5 Å². The Morgan fingerprint density at radius 2 is 1.69 bits per heavy atom. The van der Waals surface area contributed by atoms with Crippen molar-refractivity contribution in [2.24, 2.45) is 0 Å². The smallest absolute Gasteiger partial charge is 0.271 e. The second-order valence-electron chi connectivity index (χ2n) is 7.48. The van der Waals surface area contributed by atoms with Crippen LogP contribution >= 0.6 is 23.1 Å². The van der Waals surface area contributed by atoms with E-state index in [4.69, 9.17) is 0 Å². The lowest BCUT2D eigenvalue weighted by Gasteiger charge is -2.08. The van der Waals surface area contributed by atoms with Crippen LogP contribution in [0.4, 0.5) is 5.69 Å². The second-order valence-corrected chi connectivity index (χ2v) is 11.4. The molecule has 32 heavy (non-hydrogen) atoms. The summed E-state index contributed by atoms with van der Waals surface area (Å²) in [5, 5.41) is 1.73. The van der Waals surface area contributed by atoms with Gasteiger partial charge in [0.05, 0.1) is 5.75 Å². The quantitative estimate of drug-likeness (QED) is 0.227. The van der Waals surface area contributed by atoms with Crippen molar-refractivity contribution in [3.63, 3.8) is 0 Å². The molecule has 0 bridgehead atoms. The van der Waals surface area contributed by atoms with E-state index in [0.29, 0.717) is 11.4 Å². The average Bonchev–Trinajstić information content (AvgIpc) is 3.46. The van der Waals surface area contributed by atoms with Crippen molar-refractivity contribution in [3.8, 4) is 11.1 Å². The molecule has 1 aliphatic carbocycles. The van der Waals surface area contributed by atoms with Crippen LogP contribution in [0.3, 0.4) is 0 Å². The van der Waals surface area contributed by atoms with Crippen LogP contribution in [-0.4, -0.2) is 20.0 Å². The highest BCUT2D eigenvalue weighted by molar-refractivity contribution is 8.00. The number of thiophene rings is 1. The van der Waals surface area contributed by atoms with Crippen molar-refractivity contribution in [1.29, 1.82) is 0 Å². The molecule has 0 radical (unpaired) electrons. The first-order chi connectivity index (χ1) is 15.5. The van der Waals surface area contributed by atoms with Gasteiger partial charge in [-0.25, -0.2) is 8.42 Å². The van der Waals surface area contributed by atoms with Crippen LogP contribution in [0.25, 0.3) is 11.1 Å². The lowest BCUT2D eigenvalue weighted by molar-refractivity contribution is 0.102. The molecule has 160 valence electrons. The summed E-state index contributed by atoms with van der Waals surface area (Å²) in [6.07, 6.45) is 0.864. The molecule has 5 rings (SSSR count). The summed E-state index contributed by atoms with van der Waals surface area (Å²) in [7, 11) is -3.56. The van der Waals surface area contributed by atoms with Crippen LogP contribution in [-0.2, 0) is 16.4 Å². The molecule has 7 heteroatoms. The van der Waals surface area contributed by atoms with Gasteiger partial charge in [-0.3, -0.25) is 9.52 Å². The van der Waals surface area contributed by atoms with Crippen LogP contribution in [0.1, 0.15) is 21.5 Å². The maximum atomic E-state index is 12.8. The fraction of sp³-hybridized carbons (Fsp3) is 0.0800. The molecular weight excluding hydrogens is 458 g/mol. The third-order valence-corrected chi connectivity index (χ3v) is 9.14. The van der Waals surface area contributed by atoms with Gasteiger partial charge >= 0.3 is 0 Å². The number of nitrogens with one attached hydrogen (secondary N) is 1. The Labute approximate surface area is 195 Å². The van der Waals surface area contributed by atoms with Gasteiger partial charge in [0, 0.05) is 16.1 Å². The molecule has 0 amide bonds. The molecule has 1 aliphatic rings. The van der Waals surface area contributed by atoms with Crippen molar-refractivity contribution in [2.45, 2.75) is 15.5 Å². The summed E-state index contributed by atoms with van der Waals surface area (Å²) in [6, 6.07) is 24.7. The highest BCUT2D eigenvalue weighted by atomic mass is 32.2. The van der Waals surface area contributed by atoms with E-state index in [9.17, 15) is 13.2 Å². The molecule has 1 aromatic heterocycles. The van der Waals surface area contributed by atoms with Gasteiger partial charge in [-0.15, -0.1) is 23.1 Å². The molecule has 1 N–H and O–H groups in total. The third-order valence-electron chi connectivity index (χ3n) is 5.35.